The van der Waals surface area contributed by atoms with Crippen molar-refractivity contribution in [2.45, 2.75) is 129 Å². The van der Waals surface area contributed by atoms with Crippen LogP contribution in [0.3, 0.4) is 0 Å². The minimum atomic E-state index is -3.59. The highest BCUT2D eigenvalue weighted by atomic mass is 31.2. The Morgan fingerprint density at radius 3 is 2.17 bits per heavy atom. The zero-order valence-electron chi connectivity index (χ0n) is 28.7. The second-order valence-corrected chi connectivity index (χ2v) is 14.4. The van der Waals surface area contributed by atoms with E-state index in [2.05, 4.69) is 28.8 Å². The summed E-state index contributed by atoms with van der Waals surface area (Å²) in [7, 11) is -3.59. The Labute approximate surface area is 280 Å². The number of imidazole rings is 1. The second-order valence-electron chi connectivity index (χ2n) is 12.4. The van der Waals surface area contributed by atoms with Crippen LogP contribution in [0.4, 0.5) is 5.95 Å². The number of nitrogens with two attached hydrogens (primary N) is 1. The number of nitrogen functional groups attached to an aromatic ring is 1. The summed E-state index contributed by atoms with van der Waals surface area (Å²) in [4.78, 5) is 22.7. The molecule has 0 saturated heterocycles. The molecule has 1 aromatic carbocycles. The van der Waals surface area contributed by atoms with Crippen molar-refractivity contribution in [3.05, 3.63) is 52.6 Å². The molecule has 0 fully saturated rings. The first-order valence-corrected chi connectivity index (χ1v) is 19.4. The third-order valence-corrected chi connectivity index (χ3v) is 9.82. The number of nitrogens with zero attached hydrogens (tertiary/aromatic N) is 3. The Morgan fingerprint density at radius 2 is 1.51 bits per heavy atom. The summed E-state index contributed by atoms with van der Waals surface area (Å²) in [6, 6.07) is 9.51. The van der Waals surface area contributed by atoms with E-state index in [0.29, 0.717) is 18.8 Å². The molecule has 3 aromatic rings. The largest absolute Gasteiger partial charge is 0.376 e. The Bertz CT molecular complexity index is 1350. The highest BCUT2D eigenvalue weighted by Crippen LogP contribution is 2.48. The minimum absolute atomic E-state index is 0.00788. The average molecular weight is 676 g/mol. The van der Waals surface area contributed by atoms with Gasteiger partial charge in [-0.1, -0.05) is 127 Å². The molecule has 2 unspecified atom stereocenters. The number of aromatic amines is 1. The third-order valence-electron chi connectivity index (χ3n) is 8.23. The van der Waals surface area contributed by atoms with Gasteiger partial charge in [-0.3, -0.25) is 14.3 Å². The van der Waals surface area contributed by atoms with Gasteiger partial charge >= 0.3 is 7.60 Å². The van der Waals surface area contributed by atoms with Gasteiger partial charge in [0, 0.05) is 6.54 Å². The highest BCUT2D eigenvalue weighted by Gasteiger charge is 2.26. The van der Waals surface area contributed by atoms with Gasteiger partial charge in [-0.15, -0.1) is 0 Å². The number of rotatable bonds is 28. The Morgan fingerprint density at radius 1 is 0.872 bits per heavy atom. The number of aromatic nitrogens is 4. The van der Waals surface area contributed by atoms with Crippen LogP contribution in [0.2, 0.25) is 0 Å². The lowest BCUT2D eigenvalue weighted by Crippen LogP contribution is -2.15. The maximum absolute atomic E-state index is 13.6. The molecule has 0 radical (unpaired) electrons. The molecule has 0 aliphatic rings. The van der Waals surface area contributed by atoms with E-state index in [1.807, 2.05) is 30.3 Å². The number of benzene rings is 1. The van der Waals surface area contributed by atoms with Gasteiger partial charge in [0.1, 0.15) is 6.35 Å². The van der Waals surface area contributed by atoms with Gasteiger partial charge in [0.05, 0.1) is 38.9 Å². The van der Waals surface area contributed by atoms with Crippen LogP contribution in [-0.4, -0.2) is 51.8 Å². The van der Waals surface area contributed by atoms with E-state index in [4.69, 9.17) is 24.3 Å². The molecular weight excluding hydrogens is 617 g/mol. The fourth-order valence-corrected chi connectivity index (χ4v) is 6.74. The molecule has 0 aliphatic heterocycles. The van der Waals surface area contributed by atoms with E-state index in [0.717, 1.165) is 18.4 Å². The number of hydrogen-bond donors (Lipinski definition) is 2. The summed E-state index contributed by atoms with van der Waals surface area (Å²) in [5, 5.41) is 0. The lowest BCUT2D eigenvalue weighted by molar-refractivity contribution is 0.0308. The molecule has 12 heteroatoms. The summed E-state index contributed by atoms with van der Waals surface area (Å²) in [5.74, 6) is 0.00788. The van der Waals surface area contributed by atoms with Crippen LogP contribution in [0, 0.1) is 0 Å². The van der Waals surface area contributed by atoms with Gasteiger partial charge in [0.15, 0.2) is 11.2 Å². The molecule has 0 saturated carbocycles. The molecule has 47 heavy (non-hydrogen) atoms. The van der Waals surface area contributed by atoms with Crippen molar-refractivity contribution in [2.24, 2.45) is 0 Å². The molecule has 3 rings (SSSR count). The number of anilines is 1. The van der Waals surface area contributed by atoms with Gasteiger partial charge in [-0.2, -0.15) is 4.98 Å². The van der Waals surface area contributed by atoms with Crippen molar-refractivity contribution in [2.75, 3.05) is 31.9 Å². The molecule has 0 amide bonds. The molecule has 11 nitrogen and oxygen atoms in total. The SMILES string of the molecule is CCCCCCCCCCCCCCCCC(C)OCCOP(=O)(COCCn1cnc2c(=O)[nH]c(N)nc21)OCc1ccccc1. The fraction of sp³-hybridized carbons (Fsp3) is 0.686. The van der Waals surface area contributed by atoms with Crippen LogP contribution in [0.5, 0.6) is 0 Å². The molecule has 3 N–H and O–H groups in total. The van der Waals surface area contributed by atoms with Crippen molar-refractivity contribution in [3.8, 4) is 0 Å². The minimum Gasteiger partial charge on any atom is -0.376 e. The number of hydrogen-bond acceptors (Lipinski definition) is 9. The molecule has 0 spiro atoms. The first-order valence-electron chi connectivity index (χ1n) is 17.7. The van der Waals surface area contributed by atoms with E-state index in [1.165, 1.54) is 89.8 Å². The zero-order valence-corrected chi connectivity index (χ0v) is 29.6. The van der Waals surface area contributed by atoms with Crippen LogP contribution in [0.25, 0.3) is 11.2 Å². The molecule has 264 valence electrons. The van der Waals surface area contributed by atoms with Crippen molar-refractivity contribution < 1.29 is 23.1 Å². The van der Waals surface area contributed by atoms with Crippen LogP contribution in [-0.2, 0) is 36.2 Å². The monoisotopic (exact) mass is 675 g/mol. The number of unbranched alkanes of at least 4 members (excludes halogenated alkanes) is 13. The Balaban J connectivity index is 1.29. The predicted molar refractivity (Wildman–Crippen MR) is 189 cm³/mol. The van der Waals surface area contributed by atoms with E-state index < -0.39 is 13.2 Å². The van der Waals surface area contributed by atoms with Crippen LogP contribution in [0.15, 0.2) is 41.5 Å². The Hall–Kier alpha value is -2.56. The molecule has 2 aromatic heterocycles. The summed E-state index contributed by atoms with van der Waals surface area (Å²) >= 11 is 0. The number of nitrogens with one attached hydrogen (secondary N) is 1. The summed E-state index contributed by atoms with van der Waals surface area (Å²) in [5.41, 5.74) is 6.70. The fourth-order valence-electron chi connectivity index (χ4n) is 5.47. The van der Waals surface area contributed by atoms with E-state index >= 15 is 0 Å². The van der Waals surface area contributed by atoms with E-state index in [9.17, 15) is 9.36 Å². The van der Waals surface area contributed by atoms with Crippen molar-refractivity contribution in [1.29, 1.82) is 0 Å². The molecule has 0 bridgehead atoms. The topological polar surface area (TPSA) is 144 Å². The molecule has 2 atom stereocenters. The van der Waals surface area contributed by atoms with Gasteiger partial charge in [-0.25, -0.2) is 4.98 Å². The normalized spacial score (nSPS) is 13.7. The van der Waals surface area contributed by atoms with Crippen LogP contribution < -0.4 is 11.3 Å². The smallest absolute Gasteiger partial charge is 0.356 e. The summed E-state index contributed by atoms with van der Waals surface area (Å²) in [6.45, 7) is 5.44. The lowest BCUT2D eigenvalue weighted by Gasteiger charge is -2.20. The quantitative estimate of drug-likeness (QED) is 0.0573. The first-order chi connectivity index (χ1) is 22.9. The maximum atomic E-state index is 13.6. The van der Waals surface area contributed by atoms with Crippen molar-refractivity contribution in [3.63, 3.8) is 0 Å². The molecule has 2 heterocycles. The lowest BCUT2D eigenvalue weighted by atomic mass is 10.0. The van der Waals surface area contributed by atoms with Gasteiger partial charge in [-0.05, 0) is 18.9 Å². The number of fused-ring (bicyclic) bond motifs is 1. The second kappa shape index (κ2) is 22.9. The first kappa shape index (κ1) is 38.9. The number of ether oxygens (including phenoxy) is 2. The predicted octanol–water partition coefficient (Wildman–Crippen LogP) is 8.38. The number of H-pyrrole nitrogens is 1. The van der Waals surface area contributed by atoms with Gasteiger partial charge < -0.3 is 28.8 Å². The Kier molecular flexibility index (Phi) is 19.0. The van der Waals surface area contributed by atoms with Crippen LogP contribution in [0.1, 0.15) is 116 Å². The van der Waals surface area contributed by atoms with Gasteiger partial charge in [0.25, 0.3) is 5.56 Å². The van der Waals surface area contributed by atoms with E-state index in [-0.39, 0.29) is 43.7 Å². The highest BCUT2D eigenvalue weighted by molar-refractivity contribution is 7.53. The van der Waals surface area contributed by atoms with Gasteiger partial charge in [0.2, 0.25) is 5.95 Å². The average Bonchev–Trinajstić information content (AvgIpc) is 3.48. The van der Waals surface area contributed by atoms with Crippen molar-refractivity contribution in [1.82, 2.24) is 19.5 Å². The van der Waals surface area contributed by atoms with E-state index in [1.54, 1.807) is 4.57 Å². The third kappa shape index (κ3) is 15.9. The zero-order chi connectivity index (χ0) is 33.6. The summed E-state index contributed by atoms with van der Waals surface area (Å²) in [6.07, 6.45) is 21.2. The molecule has 0 aliphatic carbocycles. The summed E-state index contributed by atoms with van der Waals surface area (Å²) < 4.78 is 38.5. The van der Waals surface area contributed by atoms with Crippen LogP contribution >= 0.6 is 7.60 Å². The maximum Gasteiger partial charge on any atom is 0.356 e. The van der Waals surface area contributed by atoms with Crippen molar-refractivity contribution >= 4 is 24.7 Å². The molecular formula is C35H58N5O6P. The standard InChI is InChI=1S/C35H58N5O6P/c1-3-4-5-6-7-8-9-10-11-12-13-14-15-17-20-30(2)44-25-26-45-47(42,46-27-31-21-18-16-19-22-31)29-43-24-23-40-28-37-32-33(40)38-35(36)39-34(32)41/h16,18-19,21-22,28,30H,3-15,17,20,23-27,29H2,1-2H3,(H3,36,38,39,41).